The van der Waals surface area contributed by atoms with Crippen molar-refractivity contribution in [3.8, 4) is 0 Å². The highest BCUT2D eigenvalue weighted by Gasteiger charge is 2.69. The summed E-state index contributed by atoms with van der Waals surface area (Å²) in [5.74, 6) is 4.99. The van der Waals surface area contributed by atoms with Crippen LogP contribution in [-0.4, -0.2) is 0 Å². The second-order valence-corrected chi connectivity index (χ2v) is 14.3. The van der Waals surface area contributed by atoms with Crippen LogP contribution in [-0.2, 0) is 0 Å². The van der Waals surface area contributed by atoms with E-state index in [4.69, 9.17) is 0 Å². The molecule has 0 aromatic heterocycles. The summed E-state index contributed by atoms with van der Waals surface area (Å²) < 4.78 is 0. The molecule has 5 aliphatic carbocycles. The van der Waals surface area contributed by atoms with Crippen molar-refractivity contribution in [3.05, 3.63) is 0 Å². The maximum absolute atomic E-state index is 2.81. The Morgan fingerprint density at radius 2 is 1.21 bits per heavy atom. The van der Waals surface area contributed by atoms with Crippen molar-refractivity contribution in [2.24, 2.45) is 56.7 Å². The minimum atomic E-state index is 0.565. The van der Waals surface area contributed by atoms with E-state index in [-0.39, 0.29) is 0 Å². The van der Waals surface area contributed by atoms with Crippen LogP contribution in [0.4, 0.5) is 0 Å². The molecule has 166 valence electrons. The number of hydrogen-bond acceptors (Lipinski definition) is 0. The van der Waals surface area contributed by atoms with Crippen LogP contribution >= 0.6 is 0 Å². The Labute approximate surface area is 182 Å². The van der Waals surface area contributed by atoms with Gasteiger partial charge in [0.15, 0.2) is 0 Å². The first-order chi connectivity index (χ1) is 13.5. The van der Waals surface area contributed by atoms with Crippen molar-refractivity contribution in [2.45, 2.75) is 126 Å². The van der Waals surface area contributed by atoms with Gasteiger partial charge in [-0.05, 0) is 121 Å². The predicted molar refractivity (Wildman–Crippen MR) is 125 cm³/mol. The smallest absolute Gasteiger partial charge is 0.0235 e. The van der Waals surface area contributed by atoms with Gasteiger partial charge in [-0.1, -0.05) is 61.3 Å². The van der Waals surface area contributed by atoms with Gasteiger partial charge in [0.05, 0.1) is 0 Å². The third-order valence-electron chi connectivity index (χ3n) is 13.4. The van der Waals surface area contributed by atoms with Crippen LogP contribution in [0.25, 0.3) is 0 Å². The van der Waals surface area contributed by atoms with Gasteiger partial charge in [0, 0.05) is 0 Å². The highest BCUT2D eigenvalue weighted by Crippen LogP contribution is 2.77. The first-order valence-corrected chi connectivity index (χ1v) is 13.5. The summed E-state index contributed by atoms with van der Waals surface area (Å²) in [6, 6.07) is 0. The van der Waals surface area contributed by atoms with Crippen molar-refractivity contribution in [1.82, 2.24) is 0 Å². The minimum absolute atomic E-state index is 0.565. The van der Waals surface area contributed by atoms with Gasteiger partial charge in [-0.2, -0.15) is 0 Å². The third kappa shape index (κ3) is 2.44. The molecule has 0 bridgehead atoms. The van der Waals surface area contributed by atoms with E-state index >= 15 is 0 Å². The molecule has 0 aliphatic heterocycles. The molecule has 0 nitrogen and oxygen atoms in total. The molecule has 5 rings (SSSR count). The molecular weight excluding hydrogens is 348 g/mol. The average molecular weight is 399 g/mol. The number of rotatable bonds is 1. The van der Waals surface area contributed by atoms with Gasteiger partial charge < -0.3 is 0 Å². The molecule has 0 heteroatoms. The Morgan fingerprint density at radius 3 is 1.86 bits per heavy atom. The maximum atomic E-state index is 2.81. The lowest BCUT2D eigenvalue weighted by Gasteiger charge is -2.73. The van der Waals surface area contributed by atoms with Gasteiger partial charge in [0.2, 0.25) is 0 Å². The van der Waals surface area contributed by atoms with Crippen molar-refractivity contribution < 1.29 is 0 Å². The van der Waals surface area contributed by atoms with E-state index in [0.29, 0.717) is 27.1 Å². The first-order valence-electron chi connectivity index (χ1n) is 13.5. The van der Waals surface area contributed by atoms with Crippen molar-refractivity contribution in [3.63, 3.8) is 0 Å². The zero-order valence-electron chi connectivity index (χ0n) is 20.9. The Kier molecular flexibility index (Phi) is 4.52. The minimum Gasteiger partial charge on any atom is -0.0651 e. The second kappa shape index (κ2) is 6.28. The molecule has 0 heterocycles. The fourth-order valence-electron chi connectivity index (χ4n) is 11.9. The zero-order valence-corrected chi connectivity index (χ0v) is 20.9. The first kappa shape index (κ1) is 20.9. The van der Waals surface area contributed by atoms with Gasteiger partial charge in [0.1, 0.15) is 0 Å². The monoisotopic (exact) mass is 398 g/mol. The summed E-state index contributed by atoms with van der Waals surface area (Å²) in [6.45, 7) is 18.8. The summed E-state index contributed by atoms with van der Waals surface area (Å²) in [4.78, 5) is 0. The highest BCUT2D eigenvalue weighted by atomic mass is 14.7. The van der Waals surface area contributed by atoms with E-state index in [0.717, 1.165) is 29.6 Å². The summed E-state index contributed by atoms with van der Waals surface area (Å²) in [6.07, 6.45) is 18.1. The summed E-state index contributed by atoms with van der Waals surface area (Å²) in [7, 11) is 0. The molecule has 0 saturated heterocycles. The SMILES string of the molecule is CC[C@@H]1CC[C@]2(C)C3CCC4[C@@]5(C)CCCC(C)(C)C5CC[C@@]4(C)[C@]3(C)CC[C@@H]12. The molecule has 5 fully saturated rings. The Hall–Kier alpha value is 0. The topological polar surface area (TPSA) is 0 Å². The van der Waals surface area contributed by atoms with Crippen molar-refractivity contribution in [2.75, 3.05) is 0 Å². The normalized spacial score (nSPS) is 58.7. The molecule has 0 aromatic carbocycles. The molecule has 0 spiro atoms. The highest BCUT2D eigenvalue weighted by molar-refractivity contribution is 5.18. The van der Waals surface area contributed by atoms with E-state index in [1.165, 1.54) is 64.2 Å². The lowest BCUT2D eigenvalue weighted by molar-refractivity contribution is -0.241. The van der Waals surface area contributed by atoms with Crippen LogP contribution in [0.5, 0.6) is 0 Å². The third-order valence-corrected chi connectivity index (χ3v) is 13.4. The van der Waals surface area contributed by atoms with E-state index < -0.39 is 0 Å². The summed E-state index contributed by atoms with van der Waals surface area (Å²) in [5, 5.41) is 0. The van der Waals surface area contributed by atoms with Gasteiger partial charge >= 0.3 is 0 Å². The molecule has 5 saturated carbocycles. The average Bonchev–Trinajstić information content (AvgIpc) is 2.98. The predicted octanol–water partition coefficient (Wildman–Crippen LogP) is 8.89. The van der Waals surface area contributed by atoms with E-state index in [1.807, 2.05) is 0 Å². The van der Waals surface area contributed by atoms with Crippen LogP contribution in [0.2, 0.25) is 0 Å². The van der Waals surface area contributed by atoms with E-state index in [2.05, 4.69) is 48.5 Å². The van der Waals surface area contributed by atoms with Crippen LogP contribution in [0.1, 0.15) is 126 Å². The number of fused-ring (bicyclic) bond motifs is 7. The molecule has 0 radical (unpaired) electrons. The molecular formula is C29H50. The van der Waals surface area contributed by atoms with Gasteiger partial charge in [-0.3, -0.25) is 0 Å². The van der Waals surface area contributed by atoms with Crippen LogP contribution < -0.4 is 0 Å². The molecule has 0 aromatic rings. The molecule has 3 unspecified atom stereocenters. The summed E-state index contributed by atoms with van der Waals surface area (Å²) in [5.41, 5.74) is 2.97. The second-order valence-electron chi connectivity index (χ2n) is 14.3. The maximum Gasteiger partial charge on any atom is -0.0235 e. The molecule has 0 N–H and O–H groups in total. The fraction of sp³-hybridized carbons (Fsp3) is 1.00. The van der Waals surface area contributed by atoms with E-state index in [9.17, 15) is 0 Å². The lowest BCUT2D eigenvalue weighted by Crippen LogP contribution is -2.65. The van der Waals surface area contributed by atoms with Gasteiger partial charge in [-0.25, -0.2) is 0 Å². The Bertz CT molecular complexity index is 661. The largest absolute Gasteiger partial charge is 0.0651 e. The van der Waals surface area contributed by atoms with Crippen molar-refractivity contribution >= 4 is 0 Å². The molecule has 9 atom stereocenters. The lowest BCUT2D eigenvalue weighted by atomic mass is 9.32. The van der Waals surface area contributed by atoms with Crippen LogP contribution in [0.15, 0.2) is 0 Å². The van der Waals surface area contributed by atoms with Crippen molar-refractivity contribution in [1.29, 1.82) is 0 Å². The fourth-order valence-corrected chi connectivity index (χ4v) is 11.9. The number of hydrogen-bond donors (Lipinski definition) is 0. The molecule has 5 aliphatic rings. The van der Waals surface area contributed by atoms with Gasteiger partial charge in [-0.15, -0.1) is 0 Å². The molecule has 29 heavy (non-hydrogen) atoms. The van der Waals surface area contributed by atoms with Crippen LogP contribution in [0.3, 0.4) is 0 Å². The van der Waals surface area contributed by atoms with Gasteiger partial charge in [0.25, 0.3) is 0 Å². The van der Waals surface area contributed by atoms with E-state index in [1.54, 1.807) is 12.8 Å². The Morgan fingerprint density at radius 1 is 0.586 bits per heavy atom. The standard InChI is InChI=1S/C29H50/c1-8-20-12-17-26(4)21(20)13-18-28(6)23(26)10-11-24-27(5)16-9-15-25(2,3)22(27)14-19-29(24,28)7/h20-24H,8-19H2,1-7H3/t20-,21+,22?,23?,24?,26+,27+,28-,29-/m1/s1. The zero-order chi connectivity index (χ0) is 20.9. The van der Waals surface area contributed by atoms with Crippen LogP contribution in [0, 0.1) is 56.7 Å². The molecule has 0 amide bonds. The quantitative estimate of drug-likeness (QED) is 0.413. The Balaban J connectivity index is 1.53. The summed E-state index contributed by atoms with van der Waals surface area (Å²) >= 11 is 0.